The van der Waals surface area contributed by atoms with E-state index in [0.717, 1.165) is 24.9 Å². The Labute approximate surface area is 113 Å². The molecule has 0 amide bonds. The Kier molecular flexibility index (Phi) is 4.63. The van der Waals surface area contributed by atoms with Crippen molar-refractivity contribution in [1.29, 1.82) is 0 Å². The normalized spacial score (nSPS) is 17.4. The minimum absolute atomic E-state index is 0.700. The monoisotopic (exact) mass is 295 g/mol. The van der Waals surface area contributed by atoms with Crippen LogP contribution in [0.25, 0.3) is 0 Å². The van der Waals surface area contributed by atoms with Gasteiger partial charge in [-0.15, -0.1) is 0 Å². The van der Waals surface area contributed by atoms with Crippen molar-refractivity contribution in [2.45, 2.75) is 32.6 Å². The molecule has 0 radical (unpaired) electrons. The van der Waals surface area contributed by atoms with Crippen molar-refractivity contribution in [3.8, 4) is 0 Å². The summed E-state index contributed by atoms with van der Waals surface area (Å²) >= 11 is 3.57. The largest absolute Gasteiger partial charge is 0.316 e. The first kappa shape index (κ1) is 13.1. The molecule has 1 aliphatic rings. The quantitative estimate of drug-likeness (QED) is 0.830. The predicted octanol–water partition coefficient (Wildman–Crippen LogP) is 4.19. The topological polar surface area (TPSA) is 12.0 Å². The maximum absolute atomic E-state index is 3.61. The third-order valence-corrected chi connectivity index (χ3v) is 3.88. The van der Waals surface area contributed by atoms with Crippen molar-refractivity contribution in [1.82, 2.24) is 5.32 Å². The molecule has 0 spiro atoms. The second-order valence-electron chi connectivity index (χ2n) is 5.55. The molecule has 1 aromatic rings. The van der Waals surface area contributed by atoms with Gasteiger partial charge in [-0.2, -0.15) is 0 Å². The molecule has 1 fully saturated rings. The summed E-state index contributed by atoms with van der Waals surface area (Å²) in [7, 11) is 0. The van der Waals surface area contributed by atoms with Crippen LogP contribution in [0.1, 0.15) is 38.2 Å². The summed E-state index contributed by atoms with van der Waals surface area (Å²) in [4.78, 5) is 0. The molecule has 1 aliphatic carbocycles. The van der Waals surface area contributed by atoms with Gasteiger partial charge in [-0.3, -0.25) is 0 Å². The van der Waals surface area contributed by atoms with Gasteiger partial charge in [0.1, 0.15) is 0 Å². The van der Waals surface area contributed by atoms with E-state index in [1.165, 1.54) is 22.9 Å². The van der Waals surface area contributed by atoms with Gasteiger partial charge in [0.05, 0.1) is 0 Å². The number of benzene rings is 1. The minimum atomic E-state index is 0.700. The van der Waals surface area contributed by atoms with Crippen LogP contribution >= 0.6 is 15.9 Å². The lowest BCUT2D eigenvalue weighted by atomic mass is 9.94. The van der Waals surface area contributed by atoms with Crippen LogP contribution < -0.4 is 5.32 Å². The Bertz CT molecular complexity index is 358. The van der Waals surface area contributed by atoms with E-state index < -0.39 is 0 Å². The highest BCUT2D eigenvalue weighted by atomic mass is 79.9. The molecular weight excluding hydrogens is 274 g/mol. The molecule has 2 rings (SSSR count). The standard InChI is InChI=1S/C15H22BrN/c1-11(2)9-17-10-15(12-6-7-12)13-4-3-5-14(16)8-13/h3-5,8,11-12,15,17H,6-7,9-10H2,1-2H3. The molecule has 0 aromatic heterocycles. The fourth-order valence-corrected chi connectivity index (χ4v) is 2.74. The SMILES string of the molecule is CC(C)CNCC(c1cccc(Br)c1)C1CC1. The molecule has 1 aromatic carbocycles. The van der Waals surface area contributed by atoms with E-state index in [1.807, 2.05) is 0 Å². The first-order chi connectivity index (χ1) is 8.16. The van der Waals surface area contributed by atoms with Gasteiger partial charge >= 0.3 is 0 Å². The second-order valence-corrected chi connectivity index (χ2v) is 6.47. The van der Waals surface area contributed by atoms with E-state index in [1.54, 1.807) is 0 Å². The summed E-state index contributed by atoms with van der Waals surface area (Å²) in [6.07, 6.45) is 2.81. The lowest BCUT2D eigenvalue weighted by molar-refractivity contribution is 0.491. The van der Waals surface area contributed by atoms with Gasteiger partial charge in [0.2, 0.25) is 0 Å². The molecule has 1 N–H and O–H groups in total. The summed E-state index contributed by atoms with van der Waals surface area (Å²) in [6, 6.07) is 8.80. The molecule has 1 unspecified atom stereocenters. The average molecular weight is 296 g/mol. The van der Waals surface area contributed by atoms with Crippen LogP contribution in [-0.4, -0.2) is 13.1 Å². The van der Waals surface area contributed by atoms with Gasteiger partial charge < -0.3 is 5.32 Å². The third-order valence-electron chi connectivity index (χ3n) is 3.38. The van der Waals surface area contributed by atoms with Crippen LogP contribution in [0.5, 0.6) is 0 Å². The molecule has 0 bridgehead atoms. The van der Waals surface area contributed by atoms with Crippen LogP contribution in [0, 0.1) is 11.8 Å². The van der Waals surface area contributed by atoms with Crippen molar-refractivity contribution in [2.75, 3.05) is 13.1 Å². The van der Waals surface area contributed by atoms with E-state index >= 15 is 0 Å². The Hall–Kier alpha value is -0.340. The van der Waals surface area contributed by atoms with Gasteiger partial charge in [-0.1, -0.05) is 41.9 Å². The number of nitrogens with one attached hydrogen (secondary N) is 1. The van der Waals surface area contributed by atoms with Crippen molar-refractivity contribution in [3.63, 3.8) is 0 Å². The van der Waals surface area contributed by atoms with Gasteiger partial charge in [-0.25, -0.2) is 0 Å². The summed E-state index contributed by atoms with van der Waals surface area (Å²) in [5.41, 5.74) is 1.48. The molecule has 1 atom stereocenters. The van der Waals surface area contributed by atoms with Gasteiger partial charge in [-0.05, 0) is 54.8 Å². The van der Waals surface area contributed by atoms with Crippen LogP contribution in [0.15, 0.2) is 28.7 Å². The zero-order valence-corrected chi connectivity index (χ0v) is 12.3. The molecule has 17 heavy (non-hydrogen) atoms. The Morgan fingerprint density at radius 1 is 1.29 bits per heavy atom. The summed E-state index contributed by atoms with van der Waals surface area (Å²) in [6.45, 7) is 6.77. The lowest BCUT2D eigenvalue weighted by Gasteiger charge is -2.18. The summed E-state index contributed by atoms with van der Waals surface area (Å²) < 4.78 is 1.20. The van der Waals surface area contributed by atoms with Crippen LogP contribution in [0.3, 0.4) is 0 Å². The fraction of sp³-hybridized carbons (Fsp3) is 0.600. The Balaban J connectivity index is 1.97. The number of hydrogen-bond donors (Lipinski definition) is 1. The minimum Gasteiger partial charge on any atom is -0.316 e. The number of halogens is 1. The van der Waals surface area contributed by atoms with Crippen molar-refractivity contribution >= 4 is 15.9 Å². The summed E-state index contributed by atoms with van der Waals surface area (Å²) in [5.74, 6) is 2.34. The fourth-order valence-electron chi connectivity index (χ4n) is 2.32. The maximum atomic E-state index is 3.61. The summed E-state index contributed by atoms with van der Waals surface area (Å²) in [5, 5.41) is 3.61. The molecule has 0 saturated heterocycles. The average Bonchev–Trinajstić information content (AvgIpc) is 3.08. The van der Waals surface area contributed by atoms with E-state index in [2.05, 4.69) is 59.4 Å². The zero-order valence-electron chi connectivity index (χ0n) is 10.7. The number of rotatable bonds is 6. The van der Waals surface area contributed by atoms with E-state index in [-0.39, 0.29) is 0 Å². The van der Waals surface area contributed by atoms with E-state index in [0.29, 0.717) is 5.92 Å². The third kappa shape index (κ3) is 4.11. The zero-order chi connectivity index (χ0) is 12.3. The van der Waals surface area contributed by atoms with Crippen molar-refractivity contribution in [2.24, 2.45) is 11.8 Å². The van der Waals surface area contributed by atoms with Crippen LogP contribution in [-0.2, 0) is 0 Å². The highest BCUT2D eigenvalue weighted by molar-refractivity contribution is 9.10. The van der Waals surface area contributed by atoms with Crippen LogP contribution in [0.2, 0.25) is 0 Å². The molecule has 2 heteroatoms. The second kappa shape index (κ2) is 6.01. The molecule has 1 saturated carbocycles. The molecule has 0 heterocycles. The Morgan fingerprint density at radius 2 is 2.06 bits per heavy atom. The highest BCUT2D eigenvalue weighted by Crippen LogP contribution is 2.42. The smallest absolute Gasteiger partial charge is 0.0178 e. The number of hydrogen-bond acceptors (Lipinski definition) is 1. The van der Waals surface area contributed by atoms with Crippen molar-refractivity contribution < 1.29 is 0 Å². The highest BCUT2D eigenvalue weighted by Gasteiger charge is 2.31. The van der Waals surface area contributed by atoms with Crippen LogP contribution in [0.4, 0.5) is 0 Å². The molecular formula is C15H22BrN. The van der Waals surface area contributed by atoms with Gasteiger partial charge in [0, 0.05) is 11.0 Å². The molecule has 1 nitrogen and oxygen atoms in total. The van der Waals surface area contributed by atoms with Gasteiger partial charge in [0.15, 0.2) is 0 Å². The predicted molar refractivity (Wildman–Crippen MR) is 77.3 cm³/mol. The van der Waals surface area contributed by atoms with E-state index in [4.69, 9.17) is 0 Å². The lowest BCUT2D eigenvalue weighted by Crippen LogP contribution is -2.26. The van der Waals surface area contributed by atoms with E-state index in [9.17, 15) is 0 Å². The Morgan fingerprint density at radius 3 is 2.65 bits per heavy atom. The van der Waals surface area contributed by atoms with Crippen molar-refractivity contribution in [3.05, 3.63) is 34.3 Å². The molecule has 94 valence electrons. The first-order valence-electron chi connectivity index (χ1n) is 6.63. The maximum Gasteiger partial charge on any atom is 0.0178 e. The molecule has 0 aliphatic heterocycles. The first-order valence-corrected chi connectivity index (χ1v) is 7.42. The van der Waals surface area contributed by atoms with Gasteiger partial charge in [0.25, 0.3) is 0 Å².